The Kier molecular flexibility index (Phi) is 5.05. The second-order valence-electron chi connectivity index (χ2n) is 5.65. The SMILES string of the molecule is CC(C)C=C1CCCCC1OC1CCCCO1. The molecule has 0 amide bonds. The molecule has 1 aliphatic heterocycles. The first-order valence-corrected chi connectivity index (χ1v) is 7.23. The van der Waals surface area contributed by atoms with Gasteiger partial charge in [0.2, 0.25) is 0 Å². The predicted octanol–water partition coefficient (Wildman–Crippen LogP) is 4.05. The van der Waals surface area contributed by atoms with Crippen molar-refractivity contribution in [2.45, 2.75) is 71.2 Å². The van der Waals surface area contributed by atoms with Gasteiger partial charge in [-0.25, -0.2) is 0 Å². The fraction of sp³-hybridized carbons (Fsp3) is 0.867. The van der Waals surface area contributed by atoms with Crippen molar-refractivity contribution in [3.8, 4) is 0 Å². The summed E-state index contributed by atoms with van der Waals surface area (Å²) in [5.41, 5.74) is 1.51. The first kappa shape index (κ1) is 13.1. The molecule has 1 aliphatic carbocycles. The molecule has 0 N–H and O–H groups in total. The first-order valence-electron chi connectivity index (χ1n) is 7.23. The number of hydrogen-bond donors (Lipinski definition) is 0. The van der Waals surface area contributed by atoms with Crippen LogP contribution in [0.25, 0.3) is 0 Å². The van der Waals surface area contributed by atoms with Crippen LogP contribution in [0, 0.1) is 5.92 Å². The van der Waals surface area contributed by atoms with Gasteiger partial charge in [0.05, 0.1) is 6.10 Å². The fourth-order valence-electron chi connectivity index (χ4n) is 2.78. The molecule has 0 bridgehead atoms. The summed E-state index contributed by atoms with van der Waals surface area (Å²) >= 11 is 0. The molecule has 1 saturated heterocycles. The van der Waals surface area contributed by atoms with E-state index in [1.165, 1.54) is 44.1 Å². The third-order valence-corrected chi connectivity index (χ3v) is 3.60. The average Bonchev–Trinajstić information content (AvgIpc) is 2.32. The smallest absolute Gasteiger partial charge is 0.158 e. The van der Waals surface area contributed by atoms with Crippen LogP contribution in [0.3, 0.4) is 0 Å². The predicted molar refractivity (Wildman–Crippen MR) is 69.9 cm³/mol. The van der Waals surface area contributed by atoms with E-state index in [4.69, 9.17) is 9.47 Å². The molecule has 0 aromatic heterocycles. The van der Waals surface area contributed by atoms with E-state index in [1.807, 2.05) is 0 Å². The molecule has 2 aliphatic rings. The molecule has 1 saturated carbocycles. The van der Waals surface area contributed by atoms with Gasteiger partial charge in [0, 0.05) is 6.61 Å². The minimum atomic E-state index is 0.0578. The van der Waals surface area contributed by atoms with E-state index < -0.39 is 0 Å². The molecule has 17 heavy (non-hydrogen) atoms. The monoisotopic (exact) mass is 238 g/mol. The first-order chi connectivity index (χ1) is 8.25. The molecule has 2 unspecified atom stereocenters. The maximum Gasteiger partial charge on any atom is 0.158 e. The normalized spacial score (nSPS) is 33.2. The molecular formula is C15H26O2. The molecule has 2 rings (SSSR count). The molecule has 0 spiro atoms. The third kappa shape index (κ3) is 4.11. The van der Waals surface area contributed by atoms with Gasteiger partial charge in [0.25, 0.3) is 0 Å². The summed E-state index contributed by atoms with van der Waals surface area (Å²) in [5, 5.41) is 0. The highest BCUT2D eigenvalue weighted by molar-refractivity contribution is 5.12. The van der Waals surface area contributed by atoms with Gasteiger partial charge in [-0.2, -0.15) is 0 Å². The second kappa shape index (κ2) is 6.55. The van der Waals surface area contributed by atoms with Crippen LogP contribution >= 0.6 is 0 Å². The van der Waals surface area contributed by atoms with Crippen LogP contribution in [0.2, 0.25) is 0 Å². The zero-order valence-corrected chi connectivity index (χ0v) is 11.3. The Morgan fingerprint density at radius 1 is 1.18 bits per heavy atom. The maximum absolute atomic E-state index is 6.16. The Labute approximate surface area is 105 Å². The lowest BCUT2D eigenvalue weighted by Gasteiger charge is -2.32. The highest BCUT2D eigenvalue weighted by Gasteiger charge is 2.24. The van der Waals surface area contributed by atoms with Gasteiger partial charge in [-0.3, -0.25) is 0 Å². The minimum Gasteiger partial charge on any atom is -0.353 e. The number of rotatable bonds is 3. The lowest BCUT2D eigenvalue weighted by atomic mass is 9.90. The summed E-state index contributed by atoms with van der Waals surface area (Å²) in [7, 11) is 0. The van der Waals surface area contributed by atoms with Gasteiger partial charge >= 0.3 is 0 Å². The lowest BCUT2D eigenvalue weighted by molar-refractivity contribution is -0.183. The van der Waals surface area contributed by atoms with Crippen molar-refractivity contribution in [3.05, 3.63) is 11.6 Å². The summed E-state index contributed by atoms with van der Waals surface area (Å²) in [6, 6.07) is 0. The fourth-order valence-corrected chi connectivity index (χ4v) is 2.78. The highest BCUT2D eigenvalue weighted by atomic mass is 16.7. The Morgan fingerprint density at radius 3 is 2.71 bits per heavy atom. The van der Waals surface area contributed by atoms with E-state index in [2.05, 4.69) is 19.9 Å². The lowest BCUT2D eigenvalue weighted by Crippen LogP contribution is -2.30. The molecule has 2 heteroatoms. The van der Waals surface area contributed by atoms with Crippen molar-refractivity contribution in [3.63, 3.8) is 0 Å². The summed E-state index contributed by atoms with van der Waals surface area (Å²) in [6.45, 7) is 5.37. The number of allylic oxidation sites excluding steroid dienone is 1. The van der Waals surface area contributed by atoms with Gasteiger partial charge in [0.1, 0.15) is 0 Å². The Bertz CT molecular complexity index is 252. The largest absolute Gasteiger partial charge is 0.353 e. The number of hydrogen-bond acceptors (Lipinski definition) is 2. The van der Waals surface area contributed by atoms with Gasteiger partial charge in [-0.1, -0.05) is 26.3 Å². The molecule has 2 nitrogen and oxygen atoms in total. The molecule has 0 aromatic carbocycles. The van der Waals surface area contributed by atoms with Crippen molar-refractivity contribution >= 4 is 0 Å². The van der Waals surface area contributed by atoms with Gasteiger partial charge in [0.15, 0.2) is 6.29 Å². The average molecular weight is 238 g/mol. The van der Waals surface area contributed by atoms with E-state index in [0.717, 1.165) is 13.0 Å². The Balaban J connectivity index is 1.91. The van der Waals surface area contributed by atoms with Crippen LogP contribution in [-0.4, -0.2) is 19.0 Å². The highest BCUT2D eigenvalue weighted by Crippen LogP contribution is 2.29. The van der Waals surface area contributed by atoms with Crippen LogP contribution in [0.1, 0.15) is 58.8 Å². The summed E-state index contributed by atoms with van der Waals surface area (Å²) < 4.78 is 11.8. The summed E-state index contributed by atoms with van der Waals surface area (Å²) in [5.74, 6) is 0.626. The number of ether oxygens (including phenoxy) is 2. The van der Waals surface area contributed by atoms with E-state index >= 15 is 0 Å². The van der Waals surface area contributed by atoms with Crippen LogP contribution < -0.4 is 0 Å². The minimum absolute atomic E-state index is 0.0578. The Morgan fingerprint density at radius 2 is 2.00 bits per heavy atom. The molecule has 1 heterocycles. The van der Waals surface area contributed by atoms with Crippen molar-refractivity contribution in [2.24, 2.45) is 5.92 Å². The molecular weight excluding hydrogens is 212 g/mol. The van der Waals surface area contributed by atoms with E-state index in [0.29, 0.717) is 12.0 Å². The second-order valence-corrected chi connectivity index (χ2v) is 5.65. The third-order valence-electron chi connectivity index (χ3n) is 3.60. The van der Waals surface area contributed by atoms with Crippen LogP contribution in [0.5, 0.6) is 0 Å². The van der Waals surface area contributed by atoms with E-state index in [9.17, 15) is 0 Å². The molecule has 2 fully saturated rings. The van der Waals surface area contributed by atoms with Gasteiger partial charge < -0.3 is 9.47 Å². The topological polar surface area (TPSA) is 18.5 Å². The van der Waals surface area contributed by atoms with Crippen molar-refractivity contribution in [1.82, 2.24) is 0 Å². The summed E-state index contributed by atoms with van der Waals surface area (Å²) in [6.07, 6.45) is 11.3. The molecule has 98 valence electrons. The van der Waals surface area contributed by atoms with Crippen LogP contribution in [0.4, 0.5) is 0 Å². The quantitative estimate of drug-likeness (QED) is 0.690. The van der Waals surface area contributed by atoms with Crippen LogP contribution in [-0.2, 0) is 9.47 Å². The van der Waals surface area contributed by atoms with Gasteiger partial charge in [-0.15, -0.1) is 0 Å². The van der Waals surface area contributed by atoms with Crippen molar-refractivity contribution in [2.75, 3.05) is 6.61 Å². The van der Waals surface area contributed by atoms with E-state index in [1.54, 1.807) is 0 Å². The summed E-state index contributed by atoms with van der Waals surface area (Å²) in [4.78, 5) is 0. The van der Waals surface area contributed by atoms with Crippen LogP contribution in [0.15, 0.2) is 11.6 Å². The van der Waals surface area contributed by atoms with Crippen molar-refractivity contribution in [1.29, 1.82) is 0 Å². The standard InChI is InChI=1S/C15H26O2/c1-12(2)11-13-7-3-4-8-14(13)17-15-9-5-6-10-16-15/h11-12,14-15H,3-10H2,1-2H3. The van der Waals surface area contributed by atoms with E-state index in [-0.39, 0.29) is 6.29 Å². The molecule has 0 radical (unpaired) electrons. The van der Waals surface area contributed by atoms with Gasteiger partial charge in [-0.05, 0) is 50.0 Å². The molecule has 0 aromatic rings. The molecule has 2 atom stereocenters. The Hall–Kier alpha value is -0.340. The zero-order valence-electron chi connectivity index (χ0n) is 11.3. The maximum atomic E-state index is 6.16. The van der Waals surface area contributed by atoms with Crippen molar-refractivity contribution < 1.29 is 9.47 Å². The zero-order chi connectivity index (χ0) is 12.1.